The van der Waals surface area contributed by atoms with E-state index in [1.807, 2.05) is 6.07 Å². The summed E-state index contributed by atoms with van der Waals surface area (Å²) >= 11 is 6.14. The molecule has 16 heavy (non-hydrogen) atoms. The van der Waals surface area contributed by atoms with Crippen molar-refractivity contribution < 1.29 is 9.47 Å². The summed E-state index contributed by atoms with van der Waals surface area (Å²) in [7, 11) is 3.13. The lowest BCUT2D eigenvalue weighted by atomic mass is 10.2. The first-order chi connectivity index (χ1) is 7.67. The van der Waals surface area contributed by atoms with Crippen molar-refractivity contribution in [2.45, 2.75) is 0 Å². The number of hydrogen-bond donors (Lipinski definition) is 1. The van der Waals surface area contributed by atoms with Crippen molar-refractivity contribution in [2.75, 3.05) is 20.0 Å². The standard InChI is InChI=1S/C11H11ClN2O2/c1-15-7-4-3-6-8(16-2)5-9(13)14-11(6)10(7)12/h3-5H,1-2H3,(H2,13,14). The highest BCUT2D eigenvalue weighted by atomic mass is 35.5. The molecule has 84 valence electrons. The number of fused-ring (bicyclic) bond motifs is 1. The average molecular weight is 239 g/mol. The number of benzene rings is 1. The van der Waals surface area contributed by atoms with Crippen LogP contribution in [0.5, 0.6) is 11.5 Å². The topological polar surface area (TPSA) is 57.4 Å². The Morgan fingerprint density at radius 2 is 1.88 bits per heavy atom. The van der Waals surface area contributed by atoms with Crippen LogP contribution in [0.4, 0.5) is 5.82 Å². The molecule has 0 bridgehead atoms. The number of nitrogen functional groups attached to an aromatic ring is 1. The van der Waals surface area contributed by atoms with E-state index in [1.165, 1.54) is 0 Å². The van der Waals surface area contributed by atoms with Crippen molar-refractivity contribution in [1.29, 1.82) is 0 Å². The number of nitrogens with two attached hydrogens (primary N) is 1. The largest absolute Gasteiger partial charge is 0.496 e. The third-order valence-electron chi connectivity index (χ3n) is 2.31. The minimum absolute atomic E-state index is 0.361. The molecule has 0 aliphatic carbocycles. The van der Waals surface area contributed by atoms with Crippen molar-refractivity contribution in [1.82, 2.24) is 4.98 Å². The zero-order valence-corrected chi connectivity index (χ0v) is 9.71. The second-order valence-corrected chi connectivity index (χ2v) is 3.61. The Labute approximate surface area is 97.9 Å². The van der Waals surface area contributed by atoms with E-state index in [1.54, 1.807) is 26.4 Å². The lowest BCUT2D eigenvalue weighted by Crippen LogP contribution is -1.95. The van der Waals surface area contributed by atoms with E-state index in [9.17, 15) is 0 Å². The number of rotatable bonds is 2. The first-order valence-corrected chi connectivity index (χ1v) is 5.02. The zero-order chi connectivity index (χ0) is 11.7. The molecule has 0 amide bonds. The van der Waals surface area contributed by atoms with Gasteiger partial charge in [0.15, 0.2) is 0 Å². The molecule has 0 fully saturated rings. The summed E-state index contributed by atoms with van der Waals surface area (Å²) < 4.78 is 10.3. The number of ether oxygens (including phenoxy) is 2. The van der Waals surface area contributed by atoms with Gasteiger partial charge >= 0.3 is 0 Å². The monoisotopic (exact) mass is 238 g/mol. The summed E-state index contributed by atoms with van der Waals surface area (Å²) in [5.74, 6) is 1.57. The van der Waals surface area contributed by atoms with Gasteiger partial charge in [-0.05, 0) is 12.1 Å². The van der Waals surface area contributed by atoms with Crippen LogP contribution < -0.4 is 15.2 Å². The number of anilines is 1. The van der Waals surface area contributed by atoms with Crippen LogP contribution in [0.25, 0.3) is 10.9 Å². The van der Waals surface area contributed by atoms with Crippen LogP contribution in [0.15, 0.2) is 18.2 Å². The van der Waals surface area contributed by atoms with Gasteiger partial charge in [-0.3, -0.25) is 0 Å². The molecule has 1 heterocycles. The number of pyridine rings is 1. The molecule has 0 saturated heterocycles. The number of nitrogens with zero attached hydrogens (tertiary/aromatic N) is 1. The maximum atomic E-state index is 6.14. The molecule has 1 aromatic heterocycles. The highest BCUT2D eigenvalue weighted by Gasteiger charge is 2.11. The van der Waals surface area contributed by atoms with Crippen LogP contribution in [-0.2, 0) is 0 Å². The molecule has 0 spiro atoms. The SMILES string of the molecule is COc1ccc2c(OC)cc(N)nc2c1Cl. The van der Waals surface area contributed by atoms with Gasteiger partial charge in [0, 0.05) is 11.5 Å². The molecule has 0 saturated carbocycles. The highest BCUT2D eigenvalue weighted by Crippen LogP contribution is 2.36. The van der Waals surface area contributed by atoms with Gasteiger partial charge in [0.25, 0.3) is 0 Å². The van der Waals surface area contributed by atoms with Gasteiger partial charge in [-0.15, -0.1) is 0 Å². The van der Waals surface area contributed by atoms with E-state index < -0.39 is 0 Å². The Balaban J connectivity index is 2.83. The van der Waals surface area contributed by atoms with Gasteiger partial charge < -0.3 is 15.2 Å². The summed E-state index contributed by atoms with van der Waals surface area (Å²) in [5.41, 5.74) is 6.25. The van der Waals surface area contributed by atoms with Crippen molar-refractivity contribution in [3.8, 4) is 11.5 Å². The van der Waals surface area contributed by atoms with Gasteiger partial charge in [0.05, 0.1) is 19.7 Å². The predicted octanol–water partition coefficient (Wildman–Crippen LogP) is 2.49. The number of halogens is 1. The molecule has 0 aliphatic rings. The fourth-order valence-corrected chi connectivity index (χ4v) is 1.84. The smallest absolute Gasteiger partial charge is 0.139 e. The minimum Gasteiger partial charge on any atom is -0.496 e. The fourth-order valence-electron chi connectivity index (χ4n) is 1.55. The molecular formula is C11H11ClN2O2. The van der Waals surface area contributed by atoms with Gasteiger partial charge in [0.1, 0.15) is 22.3 Å². The molecule has 0 radical (unpaired) electrons. The van der Waals surface area contributed by atoms with Crippen LogP contribution in [0.1, 0.15) is 0 Å². The molecule has 2 N–H and O–H groups in total. The van der Waals surface area contributed by atoms with E-state index in [0.717, 1.165) is 5.39 Å². The first kappa shape index (κ1) is 10.8. The van der Waals surface area contributed by atoms with Gasteiger partial charge in [-0.2, -0.15) is 0 Å². The van der Waals surface area contributed by atoms with E-state index in [-0.39, 0.29) is 0 Å². The van der Waals surface area contributed by atoms with Crippen molar-refractivity contribution in [3.63, 3.8) is 0 Å². The molecule has 0 unspecified atom stereocenters. The molecule has 0 atom stereocenters. The van der Waals surface area contributed by atoms with Gasteiger partial charge in [0.2, 0.25) is 0 Å². The Morgan fingerprint density at radius 1 is 1.19 bits per heavy atom. The third kappa shape index (κ3) is 1.61. The Kier molecular flexibility index (Phi) is 2.75. The van der Waals surface area contributed by atoms with Crippen molar-refractivity contribution >= 4 is 28.3 Å². The molecule has 5 heteroatoms. The van der Waals surface area contributed by atoms with Crippen LogP contribution in [0.2, 0.25) is 5.02 Å². The van der Waals surface area contributed by atoms with Crippen LogP contribution in [0, 0.1) is 0 Å². The van der Waals surface area contributed by atoms with Gasteiger partial charge in [-0.1, -0.05) is 11.6 Å². The summed E-state index contributed by atoms with van der Waals surface area (Å²) in [6.07, 6.45) is 0. The van der Waals surface area contributed by atoms with Crippen molar-refractivity contribution in [3.05, 3.63) is 23.2 Å². The van der Waals surface area contributed by atoms with Gasteiger partial charge in [-0.25, -0.2) is 4.98 Å². The van der Waals surface area contributed by atoms with Crippen LogP contribution in [0.3, 0.4) is 0 Å². The Morgan fingerprint density at radius 3 is 2.50 bits per heavy atom. The Bertz CT molecular complexity index is 543. The molecule has 4 nitrogen and oxygen atoms in total. The predicted molar refractivity (Wildman–Crippen MR) is 64.3 cm³/mol. The normalized spacial score (nSPS) is 10.4. The fraction of sp³-hybridized carbons (Fsp3) is 0.182. The second-order valence-electron chi connectivity index (χ2n) is 3.23. The quantitative estimate of drug-likeness (QED) is 0.873. The van der Waals surface area contributed by atoms with Crippen molar-refractivity contribution in [2.24, 2.45) is 0 Å². The van der Waals surface area contributed by atoms with E-state index in [2.05, 4.69) is 4.98 Å². The summed E-state index contributed by atoms with van der Waals surface area (Å²) in [4.78, 5) is 4.18. The van der Waals surface area contributed by atoms with E-state index in [4.69, 9.17) is 26.8 Å². The average Bonchev–Trinajstić information content (AvgIpc) is 2.29. The van der Waals surface area contributed by atoms with E-state index >= 15 is 0 Å². The van der Waals surface area contributed by atoms with Crippen LogP contribution in [-0.4, -0.2) is 19.2 Å². The summed E-state index contributed by atoms with van der Waals surface area (Å²) in [5, 5.41) is 1.24. The second kappa shape index (κ2) is 4.06. The third-order valence-corrected chi connectivity index (χ3v) is 2.67. The van der Waals surface area contributed by atoms with E-state index in [0.29, 0.717) is 27.9 Å². The maximum Gasteiger partial charge on any atom is 0.139 e. The molecular weight excluding hydrogens is 228 g/mol. The lowest BCUT2D eigenvalue weighted by Gasteiger charge is -2.09. The molecule has 2 aromatic rings. The number of aromatic nitrogens is 1. The lowest BCUT2D eigenvalue weighted by molar-refractivity contribution is 0.414. The molecule has 2 rings (SSSR count). The highest BCUT2D eigenvalue weighted by molar-refractivity contribution is 6.36. The molecule has 0 aliphatic heterocycles. The summed E-state index contributed by atoms with van der Waals surface area (Å²) in [6.45, 7) is 0. The molecule has 1 aromatic carbocycles. The number of methoxy groups -OCH3 is 2. The zero-order valence-electron chi connectivity index (χ0n) is 8.95. The maximum absolute atomic E-state index is 6.14. The number of hydrogen-bond acceptors (Lipinski definition) is 4. The minimum atomic E-state index is 0.361. The first-order valence-electron chi connectivity index (χ1n) is 4.64. The van der Waals surface area contributed by atoms with Crippen LogP contribution >= 0.6 is 11.6 Å². The summed E-state index contributed by atoms with van der Waals surface area (Å²) in [6, 6.07) is 5.27. The Hall–Kier alpha value is -1.68.